The fourth-order valence-corrected chi connectivity index (χ4v) is 5.14. The minimum absolute atomic E-state index is 0.0301. The molecule has 1 aliphatic heterocycles. The number of carbonyl (C=O) groups excluding carboxylic acids is 1. The van der Waals surface area contributed by atoms with Crippen molar-refractivity contribution in [1.29, 1.82) is 0 Å². The molecule has 0 spiro atoms. The van der Waals surface area contributed by atoms with Crippen LogP contribution >= 0.6 is 43.5 Å². The van der Waals surface area contributed by atoms with E-state index in [4.69, 9.17) is 11.6 Å². The minimum atomic E-state index is -4.65. The van der Waals surface area contributed by atoms with Crippen LogP contribution in [0.3, 0.4) is 0 Å². The monoisotopic (exact) mass is 530 g/mol. The van der Waals surface area contributed by atoms with Gasteiger partial charge in [-0.1, -0.05) is 11.6 Å². The minimum Gasteiger partial charge on any atom is -0.339 e. The summed E-state index contributed by atoms with van der Waals surface area (Å²) in [6.07, 6.45) is -2.92. The maximum absolute atomic E-state index is 14.6. The van der Waals surface area contributed by atoms with Crippen molar-refractivity contribution in [3.8, 4) is 11.1 Å². The third kappa shape index (κ3) is 3.65. The van der Waals surface area contributed by atoms with E-state index < -0.39 is 17.7 Å². The van der Waals surface area contributed by atoms with Gasteiger partial charge in [-0.25, -0.2) is 4.39 Å². The Bertz CT molecular complexity index is 921. The van der Waals surface area contributed by atoms with Crippen LogP contribution in [-0.4, -0.2) is 28.5 Å². The maximum Gasteiger partial charge on any atom is 0.432 e. The lowest BCUT2D eigenvalue weighted by Gasteiger charge is -2.17. The maximum atomic E-state index is 14.6. The number of halogens is 7. The number of benzene rings is 1. The zero-order valence-corrected chi connectivity index (χ0v) is 17.9. The standard InChI is InChI=1S/C17H13Br2ClF4N2O/c1-25-14(17(22,23)24)13(18)12(15(25)19)9-6-8(10(20)7-11(9)21)16(27)26-4-2-3-5-26/h6-7H,2-5H2,1H3. The number of likely N-dealkylation sites (tertiary alicyclic amines) is 1. The summed E-state index contributed by atoms with van der Waals surface area (Å²) in [5.41, 5.74) is -1.08. The molecular formula is C17H13Br2ClF4N2O. The summed E-state index contributed by atoms with van der Waals surface area (Å²) in [6, 6.07) is 2.17. The number of nitrogens with zero attached hydrogens (tertiary/aromatic N) is 2. The molecule has 1 aliphatic rings. The summed E-state index contributed by atoms with van der Waals surface area (Å²) in [4.78, 5) is 14.3. The molecule has 1 saturated heterocycles. The van der Waals surface area contributed by atoms with Crippen molar-refractivity contribution in [2.75, 3.05) is 13.1 Å². The highest BCUT2D eigenvalue weighted by Crippen LogP contribution is 2.47. The first kappa shape index (κ1) is 20.7. The molecule has 1 fully saturated rings. The van der Waals surface area contributed by atoms with Gasteiger partial charge in [0.2, 0.25) is 0 Å². The Balaban J connectivity index is 2.19. The van der Waals surface area contributed by atoms with Crippen molar-refractivity contribution in [2.24, 2.45) is 7.05 Å². The SMILES string of the molecule is Cn1c(Br)c(-c2cc(C(=O)N3CCCC3)c(Cl)cc2F)c(Br)c1C(F)(F)F. The molecular weight excluding hydrogens is 519 g/mol. The van der Waals surface area contributed by atoms with Crippen molar-refractivity contribution in [3.63, 3.8) is 0 Å². The van der Waals surface area contributed by atoms with Crippen LogP contribution in [0.5, 0.6) is 0 Å². The molecule has 10 heteroatoms. The van der Waals surface area contributed by atoms with Crippen LogP contribution < -0.4 is 0 Å². The molecule has 0 atom stereocenters. The molecule has 0 bridgehead atoms. The predicted molar refractivity (Wildman–Crippen MR) is 101 cm³/mol. The van der Waals surface area contributed by atoms with E-state index in [2.05, 4.69) is 31.9 Å². The molecule has 0 unspecified atom stereocenters. The highest BCUT2D eigenvalue weighted by molar-refractivity contribution is 9.11. The van der Waals surface area contributed by atoms with Crippen LogP contribution in [0.15, 0.2) is 21.2 Å². The Kier molecular flexibility index (Phi) is 5.67. The smallest absolute Gasteiger partial charge is 0.339 e. The van der Waals surface area contributed by atoms with Crippen molar-refractivity contribution >= 4 is 49.4 Å². The molecule has 2 heterocycles. The average Bonchev–Trinajstić information content (AvgIpc) is 3.15. The second kappa shape index (κ2) is 7.40. The lowest BCUT2D eigenvalue weighted by Crippen LogP contribution is -2.28. The third-order valence-corrected chi connectivity index (χ3v) is 6.50. The quantitative estimate of drug-likeness (QED) is 0.419. The molecule has 1 aromatic heterocycles. The van der Waals surface area contributed by atoms with Gasteiger partial charge in [0.1, 0.15) is 11.5 Å². The van der Waals surface area contributed by atoms with Gasteiger partial charge in [0.15, 0.2) is 0 Å². The molecule has 2 aromatic rings. The van der Waals surface area contributed by atoms with Crippen LogP contribution in [0.2, 0.25) is 5.02 Å². The summed E-state index contributed by atoms with van der Waals surface area (Å²) < 4.78 is 55.2. The van der Waals surface area contributed by atoms with Crippen molar-refractivity contribution in [2.45, 2.75) is 19.0 Å². The lowest BCUT2D eigenvalue weighted by atomic mass is 10.0. The van der Waals surface area contributed by atoms with Gasteiger partial charge < -0.3 is 9.47 Å². The van der Waals surface area contributed by atoms with E-state index in [0.29, 0.717) is 13.1 Å². The molecule has 1 aromatic carbocycles. The fourth-order valence-electron chi connectivity index (χ4n) is 3.16. The number of rotatable bonds is 2. The van der Waals surface area contributed by atoms with Crippen molar-refractivity contribution in [1.82, 2.24) is 9.47 Å². The van der Waals surface area contributed by atoms with Crippen molar-refractivity contribution < 1.29 is 22.4 Å². The number of alkyl halides is 3. The molecule has 0 radical (unpaired) electrons. The van der Waals surface area contributed by atoms with Gasteiger partial charge in [-0.15, -0.1) is 0 Å². The second-order valence-corrected chi connectivity index (χ2v) is 8.15. The highest BCUT2D eigenvalue weighted by atomic mass is 79.9. The van der Waals surface area contributed by atoms with Gasteiger partial charge in [0.25, 0.3) is 5.91 Å². The van der Waals surface area contributed by atoms with E-state index >= 15 is 0 Å². The number of aromatic nitrogens is 1. The van der Waals surface area contributed by atoms with Gasteiger partial charge in [0.05, 0.1) is 19.7 Å². The largest absolute Gasteiger partial charge is 0.432 e. The topological polar surface area (TPSA) is 25.2 Å². The third-order valence-electron chi connectivity index (χ3n) is 4.48. The number of amides is 1. The van der Waals surface area contributed by atoms with Crippen LogP contribution in [0.4, 0.5) is 17.6 Å². The van der Waals surface area contributed by atoms with Crippen molar-refractivity contribution in [3.05, 3.63) is 43.3 Å². The number of hydrogen-bond acceptors (Lipinski definition) is 1. The van der Waals surface area contributed by atoms with E-state index in [0.717, 1.165) is 23.5 Å². The molecule has 0 saturated carbocycles. The predicted octanol–water partition coefficient (Wildman–Crippen LogP) is 6.26. The number of hydrogen-bond donors (Lipinski definition) is 0. The fraction of sp³-hybridized carbons (Fsp3) is 0.353. The van der Waals surface area contributed by atoms with Gasteiger partial charge in [-0.05, 0) is 56.8 Å². The Hall–Kier alpha value is -1.06. The van der Waals surface area contributed by atoms with E-state index in [1.165, 1.54) is 13.1 Å². The first-order valence-electron chi connectivity index (χ1n) is 7.93. The molecule has 0 N–H and O–H groups in total. The molecule has 3 nitrogen and oxygen atoms in total. The van der Waals surface area contributed by atoms with Crippen LogP contribution in [-0.2, 0) is 13.2 Å². The van der Waals surface area contributed by atoms with E-state index in [-0.39, 0.29) is 36.7 Å². The van der Waals surface area contributed by atoms with Gasteiger partial charge in [-0.2, -0.15) is 13.2 Å². The zero-order valence-electron chi connectivity index (χ0n) is 13.9. The van der Waals surface area contributed by atoms with Crippen LogP contribution in [0, 0.1) is 5.82 Å². The summed E-state index contributed by atoms with van der Waals surface area (Å²) in [7, 11) is 1.21. The van der Waals surface area contributed by atoms with E-state index in [1.807, 2.05) is 0 Å². The zero-order chi connectivity index (χ0) is 20.1. The summed E-state index contributed by atoms with van der Waals surface area (Å²) in [6.45, 7) is 1.14. The first-order valence-corrected chi connectivity index (χ1v) is 9.90. The highest BCUT2D eigenvalue weighted by Gasteiger charge is 2.40. The Morgan fingerprint density at radius 1 is 1.19 bits per heavy atom. The number of carbonyl (C=O) groups is 1. The Morgan fingerprint density at radius 2 is 1.78 bits per heavy atom. The van der Waals surface area contributed by atoms with Gasteiger partial charge in [0, 0.05) is 31.3 Å². The van der Waals surface area contributed by atoms with Crippen LogP contribution in [0.1, 0.15) is 28.9 Å². The summed E-state index contributed by atoms with van der Waals surface area (Å²) in [5, 5.41) is -0.0765. The van der Waals surface area contributed by atoms with Crippen LogP contribution in [0.25, 0.3) is 11.1 Å². The summed E-state index contributed by atoms with van der Waals surface area (Å²) >= 11 is 12.1. The molecule has 146 valence electrons. The Labute approximate surface area is 174 Å². The second-order valence-electron chi connectivity index (χ2n) is 6.20. The van der Waals surface area contributed by atoms with Gasteiger partial charge in [-0.3, -0.25) is 4.79 Å². The molecule has 3 rings (SSSR count). The average molecular weight is 533 g/mol. The molecule has 1 amide bonds. The lowest BCUT2D eigenvalue weighted by molar-refractivity contribution is -0.143. The summed E-state index contributed by atoms with van der Waals surface area (Å²) in [5.74, 6) is -1.18. The Morgan fingerprint density at radius 3 is 2.30 bits per heavy atom. The van der Waals surface area contributed by atoms with Gasteiger partial charge >= 0.3 is 6.18 Å². The molecule has 27 heavy (non-hydrogen) atoms. The first-order chi connectivity index (χ1) is 12.5. The normalized spacial score (nSPS) is 14.9. The van der Waals surface area contributed by atoms with E-state index in [9.17, 15) is 22.4 Å². The van der Waals surface area contributed by atoms with E-state index in [1.54, 1.807) is 4.90 Å². The molecule has 0 aliphatic carbocycles.